The summed E-state index contributed by atoms with van der Waals surface area (Å²) in [5, 5.41) is 14.9. The largest absolute Gasteiger partial charge is 0.325 e. The molecule has 68 heavy (non-hydrogen) atoms. The highest BCUT2D eigenvalue weighted by Crippen LogP contribution is 2.24. The molecule has 5 aromatic carbocycles. The third kappa shape index (κ3) is 19.6. The van der Waals surface area contributed by atoms with Crippen LogP contribution in [0, 0.1) is 5.92 Å². The molecule has 6 rings (SSSR count). The number of amides is 5. The molecule has 0 saturated heterocycles. The number of para-hydroxylation sites is 5. The van der Waals surface area contributed by atoms with Gasteiger partial charge in [0.05, 0.1) is 32.7 Å². The Kier molecular flexibility index (Phi) is 21.2. The lowest BCUT2D eigenvalue weighted by atomic mass is 9.99. The van der Waals surface area contributed by atoms with Crippen molar-refractivity contribution in [2.75, 3.05) is 105 Å². The van der Waals surface area contributed by atoms with E-state index in [9.17, 15) is 24.0 Å². The molecule has 5 N–H and O–H groups in total. The van der Waals surface area contributed by atoms with Crippen molar-refractivity contribution >= 4 is 58.0 Å². The molecule has 1 fully saturated rings. The van der Waals surface area contributed by atoms with E-state index in [1.165, 1.54) is 25.7 Å². The molecule has 0 bridgehead atoms. The summed E-state index contributed by atoms with van der Waals surface area (Å²) in [6.45, 7) is 3.58. The van der Waals surface area contributed by atoms with Gasteiger partial charge < -0.3 is 26.6 Å². The standard InChI is InChI=1S/C54H67N9O5/c64-50(55-45-22-10-3-11-23-45)39-61(38-44-20-8-1-2-9-21-44)35-32-60(33-36-62(40-51(65)56-46-24-12-4-13-25-46)41-52(66)57-47-26-14-5-15-27-47)34-37-63(42-53(67)58-48-28-16-6-17-29-48)43-54(68)59-49-30-18-7-19-31-49/h3-7,10-19,22-31,44H,1-2,8-9,20-21,32-43H2,(H,55,64)(H,56,65)(H,57,66)(H,58,67)(H,59,68). The van der Waals surface area contributed by atoms with Crippen molar-refractivity contribution in [1.82, 2.24) is 19.6 Å². The average molecular weight is 922 g/mol. The minimum atomic E-state index is -0.255. The predicted molar refractivity (Wildman–Crippen MR) is 272 cm³/mol. The SMILES string of the molecule is O=C(CN(CCN(CCN(CC(=O)Nc1ccccc1)CC(=O)Nc1ccccc1)CCN(CC(=O)Nc1ccccc1)CC1CCCCCC1)CC(=O)Nc1ccccc1)Nc1ccccc1. The fourth-order valence-corrected chi connectivity index (χ4v) is 8.38. The molecule has 0 atom stereocenters. The molecule has 0 heterocycles. The summed E-state index contributed by atoms with van der Waals surface area (Å²) < 4.78 is 0. The average Bonchev–Trinajstić information content (AvgIpc) is 3.61. The van der Waals surface area contributed by atoms with Crippen molar-refractivity contribution in [2.45, 2.75) is 38.5 Å². The molecule has 1 aliphatic rings. The van der Waals surface area contributed by atoms with E-state index >= 15 is 0 Å². The summed E-state index contributed by atoms with van der Waals surface area (Å²) in [6.07, 6.45) is 7.06. The lowest BCUT2D eigenvalue weighted by molar-refractivity contribution is -0.121. The van der Waals surface area contributed by atoms with Gasteiger partial charge in [-0.25, -0.2) is 0 Å². The van der Waals surface area contributed by atoms with Crippen LogP contribution in [0.3, 0.4) is 0 Å². The van der Waals surface area contributed by atoms with Crippen LogP contribution in [0.4, 0.5) is 28.4 Å². The number of carbonyl (C=O) groups is 5. The summed E-state index contributed by atoms with van der Waals surface area (Å²) in [4.78, 5) is 75.9. The van der Waals surface area contributed by atoms with E-state index in [1.54, 1.807) is 0 Å². The number of carbonyl (C=O) groups excluding carboxylic acids is 5. The van der Waals surface area contributed by atoms with E-state index in [0.717, 1.165) is 25.1 Å². The van der Waals surface area contributed by atoms with Gasteiger partial charge in [-0.3, -0.25) is 43.6 Å². The maximum Gasteiger partial charge on any atom is 0.238 e. The molecule has 5 amide bonds. The normalized spacial score (nSPS) is 12.9. The van der Waals surface area contributed by atoms with E-state index in [0.29, 0.717) is 67.9 Å². The predicted octanol–water partition coefficient (Wildman–Crippen LogP) is 7.36. The van der Waals surface area contributed by atoms with Gasteiger partial charge in [-0.15, -0.1) is 0 Å². The van der Waals surface area contributed by atoms with Gasteiger partial charge in [-0.2, -0.15) is 0 Å². The topological polar surface area (TPSA) is 158 Å². The zero-order chi connectivity index (χ0) is 47.6. The van der Waals surface area contributed by atoms with E-state index in [4.69, 9.17) is 0 Å². The molecule has 14 heteroatoms. The zero-order valence-corrected chi connectivity index (χ0v) is 39.1. The molecule has 5 aromatic rings. The van der Waals surface area contributed by atoms with Crippen molar-refractivity contribution in [3.05, 3.63) is 152 Å². The van der Waals surface area contributed by atoms with Crippen LogP contribution in [0.2, 0.25) is 0 Å². The molecule has 1 saturated carbocycles. The molecule has 0 spiro atoms. The van der Waals surface area contributed by atoms with Crippen LogP contribution < -0.4 is 26.6 Å². The summed E-state index contributed by atoms with van der Waals surface area (Å²) in [7, 11) is 0. The van der Waals surface area contributed by atoms with E-state index in [2.05, 4.69) is 36.4 Å². The second-order valence-electron chi connectivity index (χ2n) is 17.4. The third-order valence-corrected chi connectivity index (χ3v) is 11.8. The molecular weight excluding hydrogens is 855 g/mol. The molecule has 0 aromatic heterocycles. The first kappa shape index (κ1) is 50.7. The maximum atomic E-state index is 13.6. The van der Waals surface area contributed by atoms with E-state index < -0.39 is 0 Å². The van der Waals surface area contributed by atoms with Gasteiger partial charge >= 0.3 is 0 Å². The van der Waals surface area contributed by atoms with Crippen LogP contribution in [-0.4, -0.2) is 128 Å². The Morgan fingerprint density at radius 2 is 0.559 bits per heavy atom. The Morgan fingerprint density at radius 3 is 0.838 bits per heavy atom. The van der Waals surface area contributed by atoms with Crippen LogP contribution in [0.5, 0.6) is 0 Å². The maximum absolute atomic E-state index is 13.6. The van der Waals surface area contributed by atoms with E-state index in [1.807, 2.05) is 161 Å². The highest BCUT2D eigenvalue weighted by atomic mass is 16.2. The van der Waals surface area contributed by atoms with Crippen molar-refractivity contribution in [3.63, 3.8) is 0 Å². The number of hydrogen-bond acceptors (Lipinski definition) is 9. The van der Waals surface area contributed by atoms with Gasteiger partial charge in [0.15, 0.2) is 0 Å². The van der Waals surface area contributed by atoms with Crippen molar-refractivity contribution < 1.29 is 24.0 Å². The fourth-order valence-electron chi connectivity index (χ4n) is 8.38. The number of nitrogens with one attached hydrogen (secondary N) is 5. The quantitative estimate of drug-likeness (QED) is 0.0358. The fraction of sp³-hybridized carbons (Fsp3) is 0.352. The van der Waals surface area contributed by atoms with Gasteiger partial charge in [-0.05, 0) is 79.4 Å². The minimum absolute atomic E-state index is 0.0379. The molecule has 0 unspecified atom stereocenters. The number of rotatable bonds is 26. The van der Waals surface area contributed by atoms with Crippen molar-refractivity contribution in [2.24, 2.45) is 5.92 Å². The van der Waals surface area contributed by atoms with Gasteiger partial charge in [0, 0.05) is 74.3 Å². The zero-order valence-electron chi connectivity index (χ0n) is 39.1. The summed E-state index contributed by atoms with van der Waals surface area (Å²) in [6, 6.07) is 46.3. The number of hydrogen-bond donors (Lipinski definition) is 5. The molecule has 1 aliphatic carbocycles. The number of benzene rings is 5. The first-order valence-corrected chi connectivity index (χ1v) is 23.9. The lowest BCUT2D eigenvalue weighted by Crippen LogP contribution is -2.48. The Bertz CT molecular complexity index is 2040. The highest BCUT2D eigenvalue weighted by molar-refractivity contribution is 5.96. The summed E-state index contributed by atoms with van der Waals surface area (Å²) in [5.41, 5.74) is 3.38. The lowest BCUT2D eigenvalue weighted by Gasteiger charge is -2.32. The summed E-state index contributed by atoms with van der Waals surface area (Å²) in [5.74, 6) is -0.636. The molecule has 358 valence electrons. The van der Waals surface area contributed by atoms with Crippen LogP contribution in [0.25, 0.3) is 0 Å². The Hall–Kier alpha value is -6.71. The van der Waals surface area contributed by atoms with Crippen LogP contribution in [-0.2, 0) is 24.0 Å². The molecule has 14 nitrogen and oxygen atoms in total. The Labute approximate surface area is 401 Å². The second kappa shape index (κ2) is 28.5. The molecule has 0 radical (unpaired) electrons. The second-order valence-corrected chi connectivity index (χ2v) is 17.4. The van der Waals surface area contributed by atoms with Crippen molar-refractivity contribution in [1.29, 1.82) is 0 Å². The van der Waals surface area contributed by atoms with Gasteiger partial charge in [0.1, 0.15) is 0 Å². The summed E-state index contributed by atoms with van der Waals surface area (Å²) >= 11 is 0. The van der Waals surface area contributed by atoms with Crippen LogP contribution >= 0.6 is 0 Å². The Morgan fingerprint density at radius 1 is 0.324 bits per heavy atom. The van der Waals surface area contributed by atoms with E-state index in [-0.39, 0.29) is 62.3 Å². The van der Waals surface area contributed by atoms with Gasteiger partial charge in [0.2, 0.25) is 29.5 Å². The third-order valence-electron chi connectivity index (χ3n) is 11.8. The number of anilines is 5. The molecule has 0 aliphatic heterocycles. The number of nitrogens with zero attached hydrogens (tertiary/aromatic N) is 4. The first-order valence-electron chi connectivity index (χ1n) is 23.9. The Balaban J connectivity index is 1.21. The highest BCUT2D eigenvalue weighted by Gasteiger charge is 2.23. The minimum Gasteiger partial charge on any atom is -0.325 e. The van der Waals surface area contributed by atoms with Crippen LogP contribution in [0.1, 0.15) is 38.5 Å². The monoisotopic (exact) mass is 922 g/mol. The van der Waals surface area contributed by atoms with Crippen molar-refractivity contribution in [3.8, 4) is 0 Å². The first-order chi connectivity index (χ1) is 33.2. The van der Waals surface area contributed by atoms with Gasteiger partial charge in [-0.1, -0.05) is 117 Å². The molecular formula is C54H67N9O5. The smallest absolute Gasteiger partial charge is 0.238 e. The van der Waals surface area contributed by atoms with Gasteiger partial charge in [0.25, 0.3) is 0 Å². The van der Waals surface area contributed by atoms with Crippen LogP contribution in [0.15, 0.2) is 152 Å².